The van der Waals surface area contributed by atoms with Crippen LogP contribution < -0.4 is 10.2 Å². The van der Waals surface area contributed by atoms with E-state index in [1.165, 1.54) is 36.8 Å². The highest BCUT2D eigenvalue weighted by Gasteiger charge is 2.25. The highest BCUT2D eigenvalue weighted by atomic mass is 32.1. The predicted octanol–water partition coefficient (Wildman–Crippen LogP) is 4.71. The van der Waals surface area contributed by atoms with Crippen LogP contribution in [0.1, 0.15) is 47.5 Å². The molecule has 0 spiro atoms. The minimum Gasteiger partial charge on any atom is -0.353 e. The van der Waals surface area contributed by atoms with Gasteiger partial charge >= 0.3 is 0 Å². The van der Waals surface area contributed by atoms with Crippen LogP contribution in [0, 0.1) is 6.92 Å². The molecule has 0 unspecified atom stereocenters. The summed E-state index contributed by atoms with van der Waals surface area (Å²) in [5.41, 5.74) is 0.979. The highest BCUT2D eigenvalue weighted by molar-refractivity contribution is 7.20. The number of anilines is 2. The number of benzene rings is 1. The maximum atomic E-state index is 13.0. The summed E-state index contributed by atoms with van der Waals surface area (Å²) in [6.07, 6.45) is 6.30. The van der Waals surface area contributed by atoms with Crippen LogP contribution in [0.5, 0.6) is 0 Å². The van der Waals surface area contributed by atoms with E-state index in [2.05, 4.69) is 33.4 Å². The van der Waals surface area contributed by atoms with Crippen molar-refractivity contribution >= 4 is 39.1 Å². The van der Waals surface area contributed by atoms with Crippen LogP contribution in [0.15, 0.2) is 36.4 Å². The van der Waals surface area contributed by atoms with Crippen LogP contribution in [0.4, 0.5) is 11.8 Å². The van der Waals surface area contributed by atoms with Gasteiger partial charge in [0.05, 0.1) is 4.88 Å². The zero-order valence-electron chi connectivity index (χ0n) is 18.0. The van der Waals surface area contributed by atoms with Crippen molar-refractivity contribution in [2.45, 2.75) is 45.1 Å². The summed E-state index contributed by atoms with van der Waals surface area (Å²) >= 11 is 1.58. The standard InChI is InChI=1S/C24H29N5OS/c1-17-15-22(27-24(25-17)26-19-8-3-2-4-9-19)28-11-13-29(14-12-28)23(30)21-16-18-7-5-6-10-20(18)31-21/h5-7,10,15-16,19H,2-4,8-9,11-14H2,1H3,(H,25,26,27). The second kappa shape index (κ2) is 8.83. The fourth-order valence-electron chi connectivity index (χ4n) is 4.59. The minimum absolute atomic E-state index is 0.138. The molecule has 162 valence electrons. The fraction of sp³-hybridized carbons (Fsp3) is 0.458. The number of thiophene rings is 1. The number of carbonyl (C=O) groups excluding carboxylic acids is 1. The first-order valence-corrected chi connectivity index (χ1v) is 12.1. The van der Waals surface area contributed by atoms with E-state index in [1.807, 2.05) is 30.0 Å². The molecule has 3 heterocycles. The van der Waals surface area contributed by atoms with Crippen molar-refractivity contribution in [1.82, 2.24) is 14.9 Å². The smallest absolute Gasteiger partial charge is 0.264 e. The maximum absolute atomic E-state index is 13.0. The molecule has 6 nitrogen and oxygen atoms in total. The van der Waals surface area contributed by atoms with Gasteiger partial charge in [-0.2, -0.15) is 4.98 Å². The molecule has 7 heteroatoms. The molecule has 3 aromatic rings. The Morgan fingerprint density at radius 2 is 1.81 bits per heavy atom. The lowest BCUT2D eigenvalue weighted by Crippen LogP contribution is -2.49. The van der Waals surface area contributed by atoms with Gasteiger partial charge in [-0.1, -0.05) is 37.5 Å². The zero-order valence-corrected chi connectivity index (χ0v) is 18.8. The van der Waals surface area contributed by atoms with Crippen molar-refractivity contribution in [3.63, 3.8) is 0 Å². The van der Waals surface area contributed by atoms with Gasteiger partial charge in [-0.15, -0.1) is 11.3 Å². The number of aryl methyl sites for hydroxylation is 1. The van der Waals surface area contributed by atoms with Crippen molar-refractivity contribution in [3.8, 4) is 0 Å². The summed E-state index contributed by atoms with van der Waals surface area (Å²) in [4.78, 5) is 27.5. The summed E-state index contributed by atoms with van der Waals surface area (Å²) in [5.74, 6) is 1.84. The normalized spacial score (nSPS) is 17.8. The molecule has 5 rings (SSSR count). The summed E-state index contributed by atoms with van der Waals surface area (Å²) in [6, 6.07) is 12.7. The summed E-state index contributed by atoms with van der Waals surface area (Å²) < 4.78 is 1.17. The molecule has 1 aromatic carbocycles. The van der Waals surface area contributed by atoms with E-state index in [1.54, 1.807) is 11.3 Å². The van der Waals surface area contributed by atoms with E-state index >= 15 is 0 Å². The number of rotatable bonds is 4. The fourth-order valence-corrected chi connectivity index (χ4v) is 5.62. The van der Waals surface area contributed by atoms with Crippen LogP contribution >= 0.6 is 11.3 Å². The number of aromatic nitrogens is 2. The van der Waals surface area contributed by atoms with Gasteiger partial charge in [0.25, 0.3) is 5.91 Å². The van der Waals surface area contributed by atoms with Crippen LogP contribution in [-0.2, 0) is 0 Å². The van der Waals surface area contributed by atoms with Crippen molar-refractivity contribution in [2.75, 3.05) is 36.4 Å². The molecule has 1 saturated heterocycles. The first-order valence-electron chi connectivity index (χ1n) is 11.3. The average molecular weight is 436 g/mol. The molecule has 1 aliphatic carbocycles. The Balaban J connectivity index is 1.24. The number of piperazine rings is 1. The number of carbonyl (C=O) groups is 1. The van der Waals surface area contributed by atoms with Crippen LogP contribution in [0.25, 0.3) is 10.1 Å². The van der Waals surface area contributed by atoms with Crippen molar-refractivity contribution in [1.29, 1.82) is 0 Å². The van der Waals surface area contributed by atoms with E-state index in [-0.39, 0.29) is 5.91 Å². The highest BCUT2D eigenvalue weighted by Crippen LogP contribution is 2.27. The molecule has 2 fully saturated rings. The Morgan fingerprint density at radius 3 is 2.58 bits per heavy atom. The summed E-state index contributed by atoms with van der Waals surface area (Å²) in [7, 11) is 0. The number of nitrogens with one attached hydrogen (secondary N) is 1. The van der Waals surface area contributed by atoms with Crippen molar-refractivity contribution in [2.24, 2.45) is 0 Å². The Labute approximate surface area is 187 Å². The Kier molecular flexibility index (Phi) is 5.76. The Morgan fingerprint density at radius 1 is 1.03 bits per heavy atom. The van der Waals surface area contributed by atoms with E-state index in [0.29, 0.717) is 19.1 Å². The number of nitrogens with zero attached hydrogens (tertiary/aromatic N) is 4. The molecule has 1 amide bonds. The average Bonchev–Trinajstić information content (AvgIpc) is 3.23. The SMILES string of the molecule is Cc1cc(N2CCN(C(=O)c3cc4ccccc4s3)CC2)nc(NC2CCCCC2)n1. The van der Waals surface area contributed by atoms with Gasteiger partial charge in [0.2, 0.25) is 5.95 Å². The van der Waals surface area contributed by atoms with E-state index in [0.717, 1.165) is 40.8 Å². The lowest BCUT2D eigenvalue weighted by molar-refractivity contribution is 0.0751. The van der Waals surface area contributed by atoms with Gasteiger partial charge in [0.1, 0.15) is 5.82 Å². The number of amides is 1. The summed E-state index contributed by atoms with van der Waals surface area (Å²) in [6.45, 7) is 5.02. The van der Waals surface area contributed by atoms with E-state index < -0.39 is 0 Å². The molecule has 0 bridgehead atoms. The molecule has 0 atom stereocenters. The topological polar surface area (TPSA) is 61.4 Å². The van der Waals surface area contributed by atoms with Gasteiger partial charge in [0, 0.05) is 48.7 Å². The van der Waals surface area contributed by atoms with Gasteiger partial charge in [0.15, 0.2) is 0 Å². The first-order chi connectivity index (χ1) is 15.2. The third-order valence-corrected chi connectivity index (χ3v) is 7.41. The number of fused-ring (bicyclic) bond motifs is 1. The largest absolute Gasteiger partial charge is 0.353 e. The van der Waals surface area contributed by atoms with E-state index in [4.69, 9.17) is 4.98 Å². The van der Waals surface area contributed by atoms with Gasteiger partial charge in [-0.05, 0) is 37.3 Å². The molecule has 1 aliphatic heterocycles. The van der Waals surface area contributed by atoms with Gasteiger partial charge < -0.3 is 15.1 Å². The maximum Gasteiger partial charge on any atom is 0.264 e. The predicted molar refractivity (Wildman–Crippen MR) is 127 cm³/mol. The van der Waals surface area contributed by atoms with E-state index in [9.17, 15) is 4.79 Å². The quantitative estimate of drug-likeness (QED) is 0.643. The lowest BCUT2D eigenvalue weighted by Gasteiger charge is -2.35. The monoisotopic (exact) mass is 435 g/mol. The molecular weight excluding hydrogens is 406 g/mol. The second-order valence-electron chi connectivity index (χ2n) is 8.60. The van der Waals surface area contributed by atoms with Crippen LogP contribution in [0.2, 0.25) is 0 Å². The minimum atomic E-state index is 0.138. The third-order valence-electron chi connectivity index (χ3n) is 6.31. The lowest BCUT2D eigenvalue weighted by atomic mass is 9.96. The third kappa shape index (κ3) is 4.51. The van der Waals surface area contributed by atoms with Crippen molar-refractivity contribution in [3.05, 3.63) is 47.0 Å². The number of hydrogen-bond donors (Lipinski definition) is 1. The van der Waals surface area contributed by atoms with Crippen LogP contribution in [0.3, 0.4) is 0 Å². The molecular formula is C24H29N5OS. The molecule has 2 aliphatic rings. The summed E-state index contributed by atoms with van der Waals surface area (Å²) in [5, 5.41) is 4.69. The van der Waals surface area contributed by atoms with Gasteiger partial charge in [-0.25, -0.2) is 4.98 Å². The molecule has 1 saturated carbocycles. The Hall–Kier alpha value is -2.67. The second-order valence-corrected chi connectivity index (χ2v) is 9.68. The molecule has 2 aromatic heterocycles. The molecule has 1 N–H and O–H groups in total. The Bertz CT molecular complexity index is 1030. The zero-order chi connectivity index (χ0) is 21.2. The van der Waals surface area contributed by atoms with Crippen molar-refractivity contribution < 1.29 is 4.79 Å². The van der Waals surface area contributed by atoms with Crippen LogP contribution in [-0.4, -0.2) is 53.0 Å². The molecule has 31 heavy (non-hydrogen) atoms. The molecule has 0 radical (unpaired) electrons. The first kappa shape index (κ1) is 20.2. The number of hydrogen-bond acceptors (Lipinski definition) is 6. The van der Waals surface area contributed by atoms with Gasteiger partial charge in [-0.3, -0.25) is 4.79 Å².